The second-order valence-corrected chi connectivity index (χ2v) is 8.72. The molecule has 2 aromatic carbocycles. The highest BCUT2D eigenvalue weighted by molar-refractivity contribution is 6.35. The van der Waals surface area contributed by atoms with Crippen LogP contribution in [0.25, 0.3) is 0 Å². The third kappa shape index (κ3) is 5.28. The number of aryl methyl sites for hydroxylation is 2. The lowest BCUT2D eigenvalue weighted by Crippen LogP contribution is -2.41. The molecule has 0 radical (unpaired) electrons. The molecule has 28 heavy (non-hydrogen) atoms. The number of hydrogen-bond acceptors (Lipinski definition) is 2. The molecule has 1 aliphatic heterocycles. The molecule has 1 saturated heterocycles. The number of benzene rings is 2. The Labute approximate surface area is 178 Å². The van der Waals surface area contributed by atoms with Crippen LogP contribution in [0.5, 0.6) is 0 Å². The molecule has 0 spiro atoms. The van der Waals surface area contributed by atoms with Crippen LogP contribution in [0, 0.1) is 19.8 Å². The molecule has 1 heterocycles. The minimum Gasteiger partial charge on any atom is -0.349 e. The molecule has 1 N–H and O–H groups in total. The molecule has 0 aliphatic carbocycles. The van der Waals surface area contributed by atoms with E-state index < -0.39 is 0 Å². The van der Waals surface area contributed by atoms with Crippen molar-refractivity contribution >= 4 is 29.1 Å². The maximum Gasteiger partial charge on any atom is 0.223 e. The topological polar surface area (TPSA) is 32.3 Å². The van der Waals surface area contributed by atoms with Gasteiger partial charge in [-0.25, -0.2) is 0 Å². The number of nitrogens with zero attached hydrogens (tertiary/aromatic N) is 1. The summed E-state index contributed by atoms with van der Waals surface area (Å²) in [6.07, 6.45) is 1.74. The van der Waals surface area contributed by atoms with Crippen molar-refractivity contribution in [1.82, 2.24) is 10.2 Å². The standard InChI is InChI=1S/C23H28Cl2N2O/c1-15-4-7-21(16(2)12-15)17(3)26-23(28)18-8-10-27(11-9-18)14-19-5-6-20(24)13-22(19)25/h4-7,12-13,17-18H,8-11,14H2,1-3H3,(H,26,28)/t17-/m0/s1. The van der Waals surface area contributed by atoms with Crippen molar-refractivity contribution in [2.45, 2.75) is 46.2 Å². The fraction of sp³-hybridized carbons (Fsp3) is 0.435. The Morgan fingerprint density at radius 2 is 1.86 bits per heavy atom. The van der Waals surface area contributed by atoms with Gasteiger partial charge in [0, 0.05) is 22.5 Å². The Bertz CT molecular complexity index is 844. The zero-order valence-electron chi connectivity index (χ0n) is 16.8. The van der Waals surface area contributed by atoms with Gasteiger partial charge in [0.25, 0.3) is 0 Å². The highest BCUT2D eigenvalue weighted by Gasteiger charge is 2.26. The van der Waals surface area contributed by atoms with Crippen molar-refractivity contribution in [2.75, 3.05) is 13.1 Å². The first-order valence-corrected chi connectivity index (χ1v) is 10.6. The maximum absolute atomic E-state index is 12.8. The summed E-state index contributed by atoms with van der Waals surface area (Å²) in [6.45, 7) is 8.84. The van der Waals surface area contributed by atoms with E-state index in [1.807, 2.05) is 12.1 Å². The highest BCUT2D eigenvalue weighted by atomic mass is 35.5. The van der Waals surface area contributed by atoms with E-state index in [1.165, 1.54) is 16.7 Å². The average molecular weight is 419 g/mol. The fourth-order valence-corrected chi connectivity index (χ4v) is 4.43. The Kier molecular flexibility index (Phi) is 7.03. The van der Waals surface area contributed by atoms with E-state index in [-0.39, 0.29) is 17.9 Å². The molecule has 1 aliphatic rings. The van der Waals surface area contributed by atoms with Crippen molar-refractivity contribution in [3.8, 4) is 0 Å². The summed E-state index contributed by atoms with van der Waals surface area (Å²) in [5.41, 5.74) is 4.74. The van der Waals surface area contributed by atoms with E-state index in [1.54, 1.807) is 6.07 Å². The van der Waals surface area contributed by atoms with Crippen LogP contribution in [0.1, 0.15) is 48.1 Å². The van der Waals surface area contributed by atoms with Crippen molar-refractivity contribution in [3.63, 3.8) is 0 Å². The second kappa shape index (κ2) is 9.30. The summed E-state index contributed by atoms with van der Waals surface area (Å²) in [7, 11) is 0. The smallest absolute Gasteiger partial charge is 0.223 e. The minimum absolute atomic E-state index is 0.0269. The Morgan fingerprint density at radius 3 is 2.50 bits per heavy atom. The molecule has 3 rings (SSSR count). The molecular formula is C23H28Cl2N2O. The van der Waals surface area contributed by atoms with Crippen LogP contribution < -0.4 is 5.32 Å². The van der Waals surface area contributed by atoms with Gasteiger partial charge in [-0.2, -0.15) is 0 Å². The number of amides is 1. The maximum atomic E-state index is 12.8. The predicted octanol–water partition coefficient (Wildman–Crippen LogP) is 5.70. The number of carbonyl (C=O) groups is 1. The van der Waals surface area contributed by atoms with Gasteiger partial charge in [0.15, 0.2) is 0 Å². The molecule has 0 unspecified atom stereocenters. The summed E-state index contributed by atoms with van der Waals surface area (Å²) in [5, 5.41) is 4.57. The lowest BCUT2D eigenvalue weighted by molar-refractivity contribution is -0.127. The van der Waals surface area contributed by atoms with Crippen molar-refractivity contribution in [1.29, 1.82) is 0 Å². The second-order valence-electron chi connectivity index (χ2n) is 7.88. The van der Waals surface area contributed by atoms with Gasteiger partial charge in [0.2, 0.25) is 5.91 Å². The largest absolute Gasteiger partial charge is 0.349 e. The number of halogens is 2. The first-order valence-electron chi connectivity index (χ1n) is 9.87. The van der Waals surface area contributed by atoms with Gasteiger partial charge in [-0.05, 0) is 75.5 Å². The summed E-state index contributed by atoms with van der Waals surface area (Å²) in [4.78, 5) is 15.1. The van der Waals surface area contributed by atoms with E-state index in [2.05, 4.69) is 49.2 Å². The summed E-state index contributed by atoms with van der Waals surface area (Å²) in [6, 6.07) is 12.1. The predicted molar refractivity (Wildman–Crippen MR) is 117 cm³/mol. The minimum atomic E-state index is 0.0269. The Morgan fingerprint density at radius 1 is 1.14 bits per heavy atom. The number of likely N-dealkylation sites (tertiary alicyclic amines) is 1. The highest BCUT2D eigenvalue weighted by Crippen LogP contribution is 2.26. The van der Waals surface area contributed by atoms with Crippen LogP contribution in [0.15, 0.2) is 36.4 Å². The SMILES string of the molecule is Cc1ccc([C@H](C)NC(=O)C2CCN(Cc3ccc(Cl)cc3Cl)CC2)c(C)c1. The number of piperidine rings is 1. The summed E-state index contributed by atoms with van der Waals surface area (Å²) in [5.74, 6) is 0.238. The van der Waals surface area contributed by atoms with Crippen LogP contribution >= 0.6 is 23.2 Å². The molecule has 0 saturated carbocycles. The first kappa shape index (κ1) is 21.2. The molecule has 0 aromatic heterocycles. The third-order valence-electron chi connectivity index (χ3n) is 5.62. The zero-order chi connectivity index (χ0) is 20.3. The average Bonchev–Trinajstić information content (AvgIpc) is 2.64. The van der Waals surface area contributed by atoms with Crippen LogP contribution in [0.2, 0.25) is 10.0 Å². The number of nitrogens with one attached hydrogen (secondary N) is 1. The summed E-state index contributed by atoms with van der Waals surface area (Å²) < 4.78 is 0. The zero-order valence-corrected chi connectivity index (χ0v) is 18.3. The molecular weight excluding hydrogens is 391 g/mol. The molecule has 0 bridgehead atoms. The van der Waals surface area contributed by atoms with E-state index >= 15 is 0 Å². The summed E-state index contributed by atoms with van der Waals surface area (Å²) >= 11 is 12.3. The quantitative estimate of drug-likeness (QED) is 0.674. The molecule has 1 amide bonds. The van der Waals surface area contributed by atoms with Crippen LogP contribution in [-0.2, 0) is 11.3 Å². The Hall–Kier alpha value is -1.55. The molecule has 150 valence electrons. The van der Waals surface area contributed by atoms with E-state index in [4.69, 9.17) is 23.2 Å². The van der Waals surface area contributed by atoms with Gasteiger partial charge in [0.1, 0.15) is 0 Å². The normalized spacial score (nSPS) is 16.8. The van der Waals surface area contributed by atoms with Gasteiger partial charge in [-0.15, -0.1) is 0 Å². The number of hydrogen-bond donors (Lipinski definition) is 1. The molecule has 5 heteroatoms. The van der Waals surface area contributed by atoms with E-state index in [0.29, 0.717) is 10.0 Å². The van der Waals surface area contributed by atoms with Gasteiger partial charge in [0.05, 0.1) is 6.04 Å². The number of rotatable bonds is 5. The van der Waals surface area contributed by atoms with Gasteiger partial charge >= 0.3 is 0 Å². The molecule has 2 aromatic rings. The van der Waals surface area contributed by atoms with E-state index in [0.717, 1.165) is 38.0 Å². The van der Waals surface area contributed by atoms with Crippen LogP contribution in [0.4, 0.5) is 0 Å². The monoisotopic (exact) mass is 418 g/mol. The molecule has 1 fully saturated rings. The number of carbonyl (C=O) groups excluding carboxylic acids is 1. The Balaban J connectivity index is 1.52. The lowest BCUT2D eigenvalue weighted by atomic mass is 9.94. The third-order valence-corrected chi connectivity index (χ3v) is 6.20. The van der Waals surface area contributed by atoms with Crippen molar-refractivity contribution in [2.24, 2.45) is 5.92 Å². The molecule has 3 nitrogen and oxygen atoms in total. The van der Waals surface area contributed by atoms with Gasteiger partial charge in [-0.1, -0.05) is 53.0 Å². The van der Waals surface area contributed by atoms with Gasteiger partial charge in [-0.3, -0.25) is 9.69 Å². The van der Waals surface area contributed by atoms with Crippen molar-refractivity contribution < 1.29 is 4.79 Å². The van der Waals surface area contributed by atoms with Crippen molar-refractivity contribution in [3.05, 3.63) is 68.7 Å². The van der Waals surface area contributed by atoms with Gasteiger partial charge < -0.3 is 5.32 Å². The fourth-order valence-electron chi connectivity index (χ4n) is 3.96. The van der Waals surface area contributed by atoms with Crippen LogP contribution in [0.3, 0.4) is 0 Å². The van der Waals surface area contributed by atoms with E-state index in [9.17, 15) is 4.79 Å². The first-order chi connectivity index (χ1) is 13.3. The molecule has 1 atom stereocenters. The lowest BCUT2D eigenvalue weighted by Gasteiger charge is -2.32. The van der Waals surface area contributed by atoms with Crippen LogP contribution in [-0.4, -0.2) is 23.9 Å².